The summed E-state index contributed by atoms with van der Waals surface area (Å²) < 4.78 is 59.3. The molecule has 0 saturated carbocycles. The molecule has 1 N–H and O–H groups in total. The minimum atomic E-state index is -0.522. The molecule has 0 aromatic heterocycles. The van der Waals surface area contributed by atoms with Crippen LogP contribution in [-0.2, 0) is 0 Å². The lowest BCUT2D eigenvalue weighted by Gasteiger charge is -2.39. The molecule has 3 aromatic rings. The standard InChI is InChI=1S/C28H29F3N2O4/c1-35-26-7-3-18(13-22(26)30)25-17-36-28-15-20(34)5-6-24(28)33(25)19-4-8-27(23(31)14-19)37-21-9-12-32(16-21)11-2-10-29/h3-8,13-15,21,25,34H,2,9-12,16-17H2,1H3. The molecule has 6 nitrogen and oxygen atoms in total. The Kier molecular flexibility index (Phi) is 7.32. The number of aromatic hydroxyl groups is 1. The first-order chi connectivity index (χ1) is 18.0. The predicted molar refractivity (Wildman–Crippen MR) is 134 cm³/mol. The average molecular weight is 515 g/mol. The van der Waals surface area contributed by atoms with Crippen LogP contribution in [0, 0.1) is 11.6 Å². The molecule has 0 radical (unpaired) electrons. The first kappa shape index (κ1) is 25.1. The molecule has 9 heteroatoms. The van der Waals surface area contributed by atoms with E-state index in [1.807, 2.05) is 4.90 Å². The number of alkyl halides is 1. The molecule has 2 unspecified atom stereocenters. The van der Waals surface area contributed by atoms with Crippen molar-refractivity contribution in [2.75, 3.05) is 44.9 Å². The third-order valence-corrected chi connectivity index (χ3v) is 6.80. The van der Waals surface area contributed by atoms with E-state index >= 15 is 4.39 Å². The summed E-state index contributed by atoms with van der Waals surface area (Å²) in [6.45, 7) is 1.89. The quantitative estimate of drug-likeness (QED) is 0.412. The molecule has 37 heavy (non-hydrogen) atoms. The molecule has 5 rings (SSSR count). The fourth-order valence-electron chi connectivity index (χ4n) is 4.98. The topological polar surface area (TPSA) is 54.4 Å². The van der Waals surface area contributed by atoms with E-state index in [9.17, 15) is 13.9 Å². The first-order valence-corrected chi connectivity index (χ1v) is 12.3. The lowest BCUT2D eigenvalue weighted by atomic mass is 10.0. The van der Waals surface area contributed by atoms with Crippen molar-refractivity contribution in [1.29, 1.82) is 0 Å². The number of phenolic OH excluding ortho intramolecular Hbond substituents is 1. The van der Waals surface area contributed by atoms with E-state index in [1.54, 1.807) is 30.3 Å². The van der Waals surface area contributed by atoms with Crippen LogP contribution in [0.15, 0.2) is 54.6 Å². The highest BCUT2D eigenvalue weighted by atomic mass is 19.1. The molecule has 2 atom stereocenters. The second kappa shape index (κ2) is 10.8. The van der Waals surface area contributed by atoms with Crippen molar-refractivity contribution in [2.24, 2.45) is 0 Å². The lowest BCUT2D eigenvalue weighted by Crippen LogP contribution is -2.33. The van der Waals surface area contributed by atoms with E-state index in [1.165, 1.54) is 31.4 Å². The minimum Gasteiger partial charge on any atom is -0.508 e. The van der Waals surface area contributed by atoms with Crippen LogP contribution in [0.25, 0.3) is 0 Å². The number of benzene rings is 3. The Hall–Kier alpha value is -3.59. The van der Waals surface area contributed by atoms with Gasteiger partial charge in [0.25, 0.3) is 0 Å². The van der Waals surface area contributed by atoms with E-state index in [0.29, 0.717) is 42.2 Å². The van der Waals surface area contributed by atoms with Crippen molar-refractivity contribution in [3.05, 3.63) is 71.8 Å². The van der Waals surface area contributed by atoms with Gasteiger partial charge in [0.1, 0.15) is 24.2 Å². The normalized spacial score (nSPS) is 19.4. The van der Waals surface area contributed by atoms with Crippen molar-refractivity contribution in [3.63, 3.8) is 0 Å². The number of rotatable bonds is 8. The molecule has 0 spiro atoms. The monoisotopic (exact) mass is 514 g/mol. The molecule has 0 bridgehead atoms. The van der Waals surface area contributed by atoms with Gasteiger partial charge in [0, 0.05) is 37.5 Å². The van der Waals surface area contributed by atoms with Crippen LogP contribution in [0.2, 0.25) is 0 Å². The minimum absolute atomic E-state index is 0.0414. The number of methoxy groups -OCH3 is 1. The van der Waals surface area contributed by atoms with Gasteiger partial charge in [-0.25, -0.2) is 8.78 Å². The molecular weight excluding hydrogens is 485 g/mol. The second-order valence-electron chi connectivity index (χ2n) is 9.23. The summed E-state index contributed by atoms with van der Waals surface area (Å²) in [7, 11) is 1.40. The van der Waals surface area contributed by atoms with E-state index in [2.05, 4.69) is 4.90 Å². The third kappa shape index (κ3) is 5.27. The number of likely N-dealkylation sites (tertiary alicyclic amines) is 1. The molecule has 0 aliphatic carbocycles. The number of anilines is 2. The van der Waals surface area contributed by atoms with Gasteiger partial charge in [-0.05, 0) is 54.8 Å². The third-order valence-electron chi connectivity index (χ3n) is 6.80. The highest BCUT2D eigenvalue weighted by Crippen LogP contribution is 2.46. The molecule has 1 saturated heterocycles. The number of halogens is 3. The summed E-state index contributed by atoms with van der Waals surface area (Å²) in [5, 5.41) is 9.94. The fourth-order valence-corrected chi connectivity index (χ4v) is 4.98. The molecule has 3 aromatic carbocycles. The number of fused-ring (bicyclic) bond motifs is 1. The van der Waals surface area contributed by atoms with E-state index < -0.39 is 17.7 Å². The zero-order chi connectivity index (χ0) is 25.9. The van der Waals surface area contributed by atoms with Crippen molar-refractivity contribution in [2.45, 2.75) is 25.0 Å². The molecule has 2 aliphatic rings. The maximum atomic E-state index is 15.3. The predicted octanol–water partition coefficient (Wildman–Crippen LogP) is 5.76. The SMILES string of the molecule is COc1ccc(C2COc3cc(O)ccc3N2c2ccc(OC3CCN(CCCF)C3)c(F)c2)cc1F. The van der Waals surface area contributed by atoms with Gasteiger partial charge in [0.2, 0.25) is 0 Å². The Balaban J connectivity index is 1.44. The number of hydrogen-bond acceptors (Lipinski definition) is 6. The Morgan fingerprint density at radius 2 is 1.84 bits per heavy atom. The van der Waals surface area contributed by atoms with Gasteiger partial charge >= 0.3 is 0 Å². The van der Waals surface area contributed by atoms with Gasteiger partial charge < -0.3 is 24.2 Å². The van der Waals surface area contributed by atoms with Crippen LogP contribution >= 0.6 is 0 Å². The van der Waals surface area contributed by atoms with Gasteiger partial charge in [-0.15, -0.1) is 0 Å². The van der Waals surface area contributed by atoms with Gasteiger partial charge in [-0.1, -0.05) is 6.07 Å². The van der Waals surface area contributed by atoms with Gasteiger partial charge in [-0.2, -0.15) is 0 Å². The maximum absolute atomic E-state index is 15.3. The fraction of sp³-hybridized carbons (Fsp3) is 0.357. The summed E-state index contributed by atoms with van der Waals surface area (Å²) in [5.41, 5.74) is 1.76. The summed E-state index contributed by atoms with van der Waals surface area (Å²) >= 11 is 0. The smallest absolute Gasteiger partial charge is 0.167 e. The number of nitrogens with zero attached hydrogens (tertiary/aromatic N) is 2. The van der Waals surface area contributed by atoms with Gasteiger partial charge in [0.15, 0.2) is 23.1 Å². The van der Waals surface area contributed by atoms with Crippen LogP contribution in [-0.4, -0.2) is 56.1 Å². The highest BCUT2D eigenvalue weighted by Gasteiger charge is 2.32. The van der Waals surface area contributed by atoms with Crippen LogP contribution in [0.1, 0.15) is 24.4 Å². The zero-order valence-corrected chi connectivity index (χ0v) is 20.5. The van der Waals surface area contributed by atoms with Crippen LogP contribution < -0.4 is 19.1 Å². The van der Waals surface area contributed by atoms with Crippen LogP contribution in [0.5, 0.6) is 23.0 Å². The maximum Gasteiger partial charge on any atom is 0.167 e. The van der Waals surface area contributed by atoms with Crippen molar-refractivity contribution in [3.8, 4) is 23.0 Å². The summed E-state index contributed by atoms with van der Waals surface area (Å²) in [6.07, 6.45) is 1.06. The molecule has 0 amide bonds. The number of hydrogen-bond donors (Lipinski definition) is 1. The Bertz CT molecular complexity index is 1260. The number of phenols is 1. The molecular formula is C28H29F3N2O4. The zero-order valence-electron chi connectivity index (χ0n) is 20.5. The number of ether oxygens (including phenoxy) is 3. The Morgan fingerprint density at radius 3 is 2.59 bits per heavy atom. The average Bonchev–Trinajstić information content (AvgIpc) is 3.35. The summed E-state index contributed by atoms with van der Waals surface area (Å²) in [4.78, 5) is 3.98. The van der Waals surface area contributed by atoms with E-state index in [4.69, 9.17) is 14.2 Å². The Morgan fingerprint density at radius 1 is 1.03 bits per heavy atom. The van der Waals surface area contributed by atoms with Crippen LogP contribution in [0.3, 0.4) is 0 Å². The summed E-state index contributed by atoms with van der Waals surface area (Å²) in [5.74, 6) is -0.285. The van der Waals surface area contributed by atoms with Crippen LogP contribution in [0.4, 0.5) is 24.5 Å². The second-order valence-corrected chi connectivity index (χ2v) is 9.23. The molecule has 196 valence electrons. The lowest BCUT2D eigenvalue weighted by molar-refractivity contribution is 0.191. The highest BCUT2D eigenvalue weighted by molar-refractivity contribution is 5.73. The first-order valence-electron chi connectivity index (χ1n) is 12.3. The van der Waals surface area contributed by atoms with Crippen molar-refractivity contribution >= 4 is 11.4 Å². The largest absolute Gasteiger partial charge is 0.508 e. The molecule has 1 fully saturated rings. The summed E-state index contributed by atoms with van der Waals surface area (Å²) in [6, 6.07) is 13.6. The molecule has 2 heterocycles. The van der Waals surface area contributed by atoms with Gasteiger partial charge in [-0.3, -0.25) is 9.29 Å². The Labute approximate surface area is 213 Å². The van der Waals surface area contributed by atoms with E-state index in [0.717, 1.165) is 13.0 Å². The van der Waals surface area contributed by atoms with E-state index in [-0.39, 0.29) is 36.6 Å². The van der Waals surface area contributed by atoms with Gasteiger partial charge in [0.05, 0.1) is 25.5 Å². The molecule has 2 aliphatic heterocycles. The van der Waals surface area contributed by atoms with Crippen molar-refractivity contribution in [1.82, 2.24) is 4.90 Å². The van der Waals surface area contributed by atoms with Crippen molar-refractivity contribution < 1.29 is 32.5 Å².